The largest absolute Gasteiger partial charge is 0.337 e. The van der Waals surface area contributed by atoms with E-state index in [0.717, 1.165) is 33.4 Å². The van der Waals surface area contributed by atoms with Crippen molar-refractivity contribution in [2.75, 3.05) is 5.32 Å². The molecule has 4 rings (SSSR count). The van der Waals surface area contributed by atoms with Crippen LogP contribution in [-0.4, -0.2) is 16.0 Å². The third kappa shape index (κ3) is 4.24. The van der Waals surface area contributed by atoms with E-state index in [9.17, 15) is 4.79 Å². The van der Waals surface area contributed by atoms with E-state index in [1.165, 1.54) is 0 Å². The van der Waals surface area contributed by atoms with E-state index in [-0.39, 0.29) is 12.3 Å². The lowest BCUT2D eigenvalue weighted by molar-refractivity contribution is -0.115. The van der Waals surface area contributed by atoms with Gasteiger partial charge in [0.25, 0.3) is 0 Å². The van der Waals surface area contributed by atoms with Crippen LogP contribution in [0.1, 0.15) is 16.7 Å². The average molecular weight is 383 g/mol. The first kappa shape index (κ1) is 18.6. The average Bonchev–Trinajstić information content (AvgIpc) is 3.12. The van der Waals surface area contributed by atoms with Crippen molar-refractivity contribution >= 4 is 11.8 Å². The van der Waals surface area contributed by atoms with Gasteiger partial charge in [-0.25, -0.2) is 0 Å². The van der Waals surface area contributed by atoms with Crippen molar-refractivity contribution in [2.45, 2.75) is 20.3 Å². The molecule has 4 aromatic rings. The van der Waals surface area contributed by atoms with Gasteiger partial charge in [0.1, 0.15) is 5.69 Å². The van der Waals surface area contributed by atoms with Crippen LogP contribution in [0.2, 0.25) is 0 Å². The van der Waals surface area contributed by atoms with Crippen LogP contribution in [-0.2, 0) is 11.2 Å². The number of amides is 1. The van der Waals surface area contributed by atoms with Crippen LogP contribution in [0.4, 0.5) is 5.88 Å². The zero-order valence-electron chi connectivity index (χ0n) is 16.3. The number of benzene rings is 2. The van der Waals surface area contributed by atoms with E-state index in [2.05, 4.69) is 33.7 Å². The monoisotopic (exact) mass is 383 g/mol. The van der Waals surface area contributed by atoms with Gasteiger partial charge < -0.3 is 4.52 Å². The second kappa shape index (κ2) is 8.10. The molecule has 5 heteroatoms. The predicted octanol–water partition coefficient (Wildman–Crippen LogP) is 5.20. The summed E-state index contributed by atoms with van der Waals surface area (Å²) in [7, 11) is 0. The van der Waals surface area contributed by atoms with E-state index in [0.29, 0.717) is 11.6 Å². The summed E-state index contributed by atoms with van der Waals surface area (Å²) in [4.78, 5) is 16.7. The highest BCUT2D eigenvalue weighted by Crippen LogP contribution is 2.38. The minimum absolute atomic E-state index is 0.158. The quantitative estimate of drug-likeness (QED) is 0.514. The Balaban J connectivity index is 1.73. The Bertz CT molecular complexity index is 1120. The molecule has 0 spiro atoms. The molecule has 0 aliphatic heterocycles. The molecule has 0 atom stereocenters. The maximum atomic E-state index is 12.6. The number of carbonyl (C=O) groups is 1. The molecule has 2 aromatic heterocycles. The Morgan fingerprint density at radius 1 is 0.931 bits per heavy atom. The van der Waals surface area contributed by atoms with E-state index in [4.69, 9.17) is 4.52 Å². The lowest BCUT2D eigenvalue weighted by Gasteiger charge is -2.07. The van der Waals surface area contributed by atoms with Gasteiger partial charge >= 0.3 is 0 Å². The van der Waals surface area contributed by atoms with E-state index >= 15 is 0 Å². The van der Waals surface area contributed by atoms with Crippen LogP contribution in [0.25, 0.3) is 22.4 Å². The summed E-state index contributed by atoms with van der Waals surface area (Å²) in [6, 6.07) is 19.6. The van der Waals surface area contributed by atoms with Gasteiger partial charge in [-0.15, -0.1) is 0 Å². The second-order valence-electron chi connectivity index (χ2n) is 7.06. The van der Waals surface area contributed by atoms with Crippen LogP contribution in [0, 0.1) is 13.8 Å². The molecule has 0 aliphatic rings. The number of anilines is 1. The third-order valence-electron chi connectivity index (χ3n) is 4.62. The van der Waals surface area contributed by atoms with Crippen molar-refractivity contribution in [3.8, 4) is 22.4 Å². The Kier molecular flexibility index (Phi) is 5.20. The van der Waals surface area contributed by atoms with Crippen molar-refractivity contribution < 1.29 is 9.32 Å². The molecule has 0 unspecified atom stereocenters. The molecule has 144 valence electrons. The van der Waals surface area contributed by atoms with Gasteiger partial charge in [-0.05, 0) is 49.2 Å². The Hall–Kier alpha value is -3.73. The maximum absolute atomic E-state index is 12.6. The topological polar surface area (TPSA) is 68.0 Å². The number of carbonyl (C=O) groups excluding carboxylic acids is 1. The van der Waals surface area contributed by atoms with Crippen LogP contribution in [0.5, 0.6) is 0 Å². The van der Waals surface area contributed by atoms with Gasteiger partial charge in [0.2, 0.25) is 11.8 Å². The van der Waals surface area contributed by atoms with Gasteiger partial charge in [0.15, 0.2) is 0 Å². The van der Waals surface area contributed by atoms with Crippen LogP contribution < -0.4 is 5.32 Å². The zero-order valence-corrected chi connectivity index (χ0v) is 16.3. The van der Waals surface area contributed by atoms with Crippen molar-refractivity contribution in [3.05, 3.63) is 89.7 Å². The maximum Gasteiger partial charge on any atom is 0.239 e. The molecule has 0 saturated heterocycles. The van der Waals surface area contributed by atoms with E-state index in [1.54, 1.807) is 12.4 Å². The van der Waals surface area contributed by atoms with E-state index < -0.39 is 0 Å². The number of pyridine rings is 1. The third-order valence-corrected chi connectivity index (χ3v) is 4.62. The molecular formula is C24H21N3O2. The van der Waals surface area contributed by atoms with Crippen molar-refractivity contribution in [1.82, 2.24) is 10.1 Å². The highest BCUT2D eigenvalue weighted by atomic mass is 16.5. The molecule has 0 bridgehead atoms. The predicted molar refractivity (Wildman–Crippen MR) is 113 cm³/mol. The Labute approximate surface area is 169 Å². The summed E-state index contributed by atoms with van der Waals surface area (Å²) >= 11 is 0. The zero-order chi connectivity index (χ0) is 20.2. The first-order valence-corrected chi connectivity index (χ1v) is 9.42. The van der Waals surface area contributed by atoms with Crippen LogP contribution in [0.15, 0.2) is 77.6 Å². The number of nitrogens with zero attached hydrogens (tertiary/aromatic N) is 2. The Morgan fingerprint density at radius 3 is 2.31 bits per heavy atom. The molecule has 2 aromatic carbocycles. The summed E-state index contributed by atoms with van der Waals surface area (Å²) in [5.41, 5.74) is 6.48. The first-order valence-electron chi connectivity index (χ1n) is 9.42. The summed E-state index contributed by atoms with van der Waals surface area (Å²) in [5.74, 6) is 0.181. The van der Waals surface area contributed by atoms with Gasteiger partial charge in [0, 0.05) is 18.0 Å². The number of hydrogen-bond donors (Lipinski definition) is 1. The molecule has 5 nitrogen and oxygen atoms in total. The fraction of sp³-hybridized carbons (Fsp3) is 0.125. The standard InChI is InChI=1S/C24H21N3O2/c1-16-12-17(2)14-20(13-16)23-22(19-8-10-25-11-9-19)24(29-27-23)26-21(28)15-18-6-4-3-5-7-18/h3-14H,15H2,1-2H3,(H,26,28). The minimum Gasteiger partial charge on any atom is -0.337 e. The minimum atomic E-state index is -0.158. The van der Waals surface area contributed by atoms with Gasteiger partial charge in [0.05, 0.1) is 12.0 Å². The number of hydrogen-bond acceptors (Lipinski definition) is 4. The second-order valence-corrected chi connectivity index (χ2v) is 7.06. The highest BCUT2D eigenvalue weighted by molar-refractivity contribution is 5.97. The van der Waals surface area contributed by atoms with Crippen LogP contribution in [0.3, 0.4) is 0 Å². The SMILES string of the molecule is Cc1cc(C)cc(-c2noc(NC(=O)Cc3ccccc3)c2-c2ccncc2)c1. The molecule has 0 radical (unpaired) electrons. The molecule has 0 aliphatic carbocycles. The molecule has 29 heavy (non-hydrogen) atoms. The highest BCUT2D eigenvalue weighted by Gasteiger charge is 2.21. The van der Waals surface area contributed by atoms with Gasteiger partial charge in [-0.2, -0.15) is 0 Å². The lowest BCUT2D eigenvalue weighted by atomic mass is 9.99. The van der Waals surface area contributed by atoms with E-state index in [1.807, 2.05) is 56.3 Å². The molecule has 0 saturated carbocycles. The number of nitrogens with one attached hydrogen (secondary N) is 1. The lowest BCUT2D eigenvalue weighted by Crippen LogP contribution is -2.14. The first-order chi connectivity index (χ1) is 14.1. The molecular weight excluding hydrogens is 362 g/mol. The number of aryl methyl sites for hydroxylation is 2. The van der Waals surface area contributed by atoms with Crippen molar-refractivity contribution in [1.29, 1.82) is 0 Å². The van der Waals surface area contributed by atoms with Gasteiger partial charge in [-0.1, -0.05) is 52.7 Å². The fourth-order valence-electron chi connectivity index (χ4n) is 3.42. The summed E-state index contributed by atoms with van der Waals surface area (Å²) in [5, 5.41) is 7.18. The van der Waals surface area contributed by atoms with Crippen molar-refractivity contribution in [2.24, 2.45) is 0 Å². The molecule has 2 heterocycles. The summed E-state index contributed by atoms with van der Waals surface area (Å²) in [6.45, 7) is 4.09. The fourth-order valence-corrected chi connectivity index (χ4v) is 3.42. The Morgan fingerprint density at radius 2 is 1.62 bits per heavy atom. The number of rotatable bonds is 5. The van der Waals surface area contributed by atoms with Crippen molar-refractivity contribution in [3.63, 3.8) is 0 Å². The summed E-state index contributed by atoms with van der Waals surface area (Å²) < 4.78 is 5.59. The van der Waals surface area contributed by atoms with Gasteiger partial charge in [-0.3, -0.25) is 15.1 Å². The summed E-state index contributed by atoms with van der Waals surface area (Å²) in [6.07, 6.45) is 3.68. The van der Waals surface area contributed by atoms with Crippen LogP contribution >= 0.6 is 0 Å². The smallest absolute Gasteiger partial charge is 0.239 e. The molecule has 0 fully saturated rings. The number of aromatic nitrogens is 2. The molecule has 1 N–H and O–H groups in total. The normalized spacial score (nSPS) is 10.7. The molecule has 1 amide bonds.